The van der Waals surface area contributed by atoms with Crippen molar-refractivity contribution in [2.24, 2.45) is 5.73 Å². The Morgan fingerprint density at radius 2 is 1.60 bits per heavy atom. The Hall–Kier alpha value is -0.570. The topological polar surface area (TPSA) is 55.1 Å². The zero-order chi connectivity index (χ0) is 10.9. The van der Waals surface area contributed by atoms with Crippen LogP contribution in [-0.4, -0.2) is 18.5 Å². The van der Waals surface area contributed by atoms with Gasteiger partial charge in [0.25, 0.3) is 0 Å². The van der Waals surface area contributed by atoms with E-state index < -0.39 is 0 Å². The van der Waals surface area contributed by atoms with Crippen LogP contribution in [0.3, 0.4) is 0 Å². The summed E-state index contributed by atoms with van der Waals surface area (Å²) in [6.07, 6.45) is 10.3. The van der Waals surface area contributed by atoms with E-state index in [1.807, 2.05) is 0 Å². The molecule has 0 aromatic carbocycles. The third kappa shape index (κ3) is 6.50. The summed E-state index contributed by atoms with van der Waals surface area (Å²) in [6, 6.07) is 0.0609. The second kappa shape index (κ2) is 7.69. The summed E-state index contributed by atoms with van der Waals surface area (Å²) in [4.78, 5) is 11.4. The average molecular weight is 212 g/mol. The molecule has 3 heteroatoms. The van der Waals surface area contributed by atoms with E-state index in [1.165, 1.54) is 38.5 Å². The van der Waals surface area contributed by atoms with Gasteiger partial charge in [-0.25, -0.2) is 0 Å². The minimum atomic E-state index is 0.0609. The van der Waals surface area contributed by atoms with Gasteiger partial charge in [-0.15, -0.1) is 0 Å². The zero-order valence-corrected chi connectivity index (χ0v) is 9.63. The first-order valence-corrected chi connectivity index (χ1v) is 6.31. The van der Waals surface area contributed by atoms with Gasteiger partial charge in [0.05, 0.1) is 0 Å². The summed E-state index contributed by atoms with van der Waals surface area (Å²) < 4.78 is 0. The molecule has 1 fully saturated rings. The molecule has 0 aromatic rings. The predicted octanol–water partition coefficient (Wildman–Crippen LogP) is 1.95. The highest BCUT2D eigenvalue weighted by molar-refractivity contribution is 5.76. The van der Waals surface area contributed by atoms with Gasteiger partial charge in [-0.3, -0.25) is 4.79 Å². The van der Waals surface area contributed by atoms with Crippen molar-refractivity contribution in [3.8, 4) is 0 Å². The fourth-order valence-corrected chi connectivity index (χ4v) is 2.06. The maximum Gasteiger partial charge on any atom is 0.221 e. The van der Waals surface area contributed by atoms with E-state index >= 15 is 0 Å². The van der Waals surface area contributed by atoms with E-state index in [0.29, 0.717) is 6.42 Å². The van der Waals surface area contributed by atoms with Gasteiger partial charge in [0.2, 0.25) is 5.91 Å². The van der Waals surface area contributed by atoms with Crippen molar-refractivity contribution in [3.05, 3.63) is 0 Å². The molecule has 3 N–H and O–H groups in total. The summed E-state index contributed by atoms with van der Waals surface area (Å²) in [6.45, 7) is 0.825. The van der Waals surface area contributed by atoms with Crippen molar-refractivity contribution in [1.82, 2.24) is 5.32 Å². The van der Waals surface area contributed by atoms with E-state index in [2.05, 4.69) is 5.32 Å². The van der Waals surface area contributed by atoms with Crippen LogP contribution in [0.2, 0.25) is 0 Å². The summed E-state index contributed by atoms with van der Waals surface area (Å²) in [5.41, 5.74) is 5.88. The Morgan fingerprint density at radius 1 is 1.00 bits per heavy atom. The molecule has 3 nitrogen and oxygen atoms in total. The molecule has 0 aromatic heterocycles. The normalized spacial score (nSPS) is 27.0. The smallest absolute Gasteiger partial charge is 0.221 e. The molecule has 1 heterocycles. The highest BCUT2D eigenvalue weighted by atomic mass is 16.1. The summed E-state index contributed by atoms with van der Waals surface area (Å²) in [7, 11) is 0. The summed E-state index contributed by atoms with van der Waals surface area (Å²) in [5, 5.41) is 2.93. The number of carbonyl (C=O) groups is 1. The molecule has 1 aliphatic rings. The van der Waals surface area contributed by atoms with Gasteiger partial charge in [0, 0.05) is 19.0 Å². The van der Waals surface area contributed by atoms with E-state index in [-0.39, 0.29) is 11.9 Å². The third-order valence-electron chi connectivity index (χ3n) is 3.02. The molecule has 1 amide bonds. The van der Waals surface area contributed by atoms with Crippen LogP contribution in [-0.2, 0) is 4.79 Å². The molecular formula is C12H24N2O. The standard InChI is InChI=1S/C12H24N2O/c13-11-8-6-4-2-1-3-5-7-9-14-12(15)10-11/h11H,1-10,13H2,(H,14,15). The van der Waals surface area contributed by atoms with Crippen LogP contribution in [0, 0.1) is 0 Å². The Balaban J connectivity index is 2.26. The first kappa shape index (κ1) is 12.5. The summed E-state index contributed by atoms with van der Waals surface area (Å²) >= 11 is 0. The van der Waals surface area contributed by atoms with Gasteiger partial charge < -0.3 is 11.1 Å². The number of hydrogen-bond acceptors (Lipinski definition) is 2. The second-order valence-corrected chi connectivity index (χ2v) is 4.58. The monoisotopic (exact) mass is 212 g/mol. The van der Waals surface area contributed by atoms with E-state index in [1.54, 1.807) is 0 Å². The fraction of sp³-hybridized carbons (Fsp3) is 0.917. The molecule has 1 saturated heterocycles. The minimum Gasteiger partial charge on any atom is -0.356 e. The Morgan fingerprint density at radius 3 is 2.33 bits per heavy atom. The first-order chi connectivity index (χ1) is 7.29. The van der Waals surface area contributed by atoms with Crippen LogP contribution in [0.5, 0.6) is 0 Å². The van der Waals surface area contributed by atoms with Crippen LogP contribution in [0.25, 0.3) is 0 Å². The van der Waals surface area contributed by atoms with Crippen molar-refractivity contribution in [2.45, 2.75) is 63.8 Å². The molecule has 1 atom stereocenters. The van der Waals surface area contributed by atoms with Crippen molar-refractivity contribution in [3.63, 3.8) is 0 Å². The van der Waals surface area contributed by atoms with Gasteiger partial charge in [-0.05, 0) is 12.8 Å². The molecule has 1 rings (SSSR count). The molecule has 0 bridgehead atoms. The molecule has 15 heavy (non-hydrogen) atoms. The lowest BCUT2D eigenvalue weighted by Crippen LogP contribution is -2.32. The van der Waals surface area contributed by atoms with Crippen LogP contribution < -0.4 is 11.1 Å². The largest absolute Gasteiger partial charge is 0.356 e. The molecule has 0 saturated carbocycles. The molecule has 1 unspecified atom stereocenters. The van der Waals surface area contributed by atoms with Gasteiger partial charge in [0.1, 0.15) is 0 Å². The highest BCUT2D eigenvalue weighted by Crippen LogP contribution is 2.10. The zero-order valence-electron chi connectivity index (χ0n) is 9.63. The average Bonchev–Trinajstić information content (AvgIpc) is 2.21. The first-order valence-electron chi connectivity index (χ1n) is 6.31. The maximum absolute atomic E-state index is 11.4. The Bertz CT molecular complexity index is 182. The molecule has 0 aliphatic carbocycles. The predicted molar refractivity (Wildman–Crippen MR) is 62.5 cm³/mol. The Kier molecular flexibility index (Phi) is 6.41. The lowest BCUT2D eigenvalue weighted by molar-refractivity contribution is -0.121. The van der Waals surface area contributed by atoms with Crippen molar-refractivity contribution >= 4 is 5.91 Å². The van der Waals surface area contributed by atoms with Crippen LogP contribution >= 0.6 is 0 Å². The Labute approximate surface area is 92.8 Å². The number of nitrogens with two attached hydrogens (primary N) is 1. The van der Waals surface area contributed by atoms with Gasteiger partial charge in [-0.1, -0.05) is 38.5 Å². The van der Waals surface area contributed by atoms with Crippen LogP contribution in [0.15, 0.2) is 0 Å². The fourth-order valence-electron chi connectivity index (χ4n) is 2.06. The minimum absolute atomic E-state index is 0.0609. The number of rotatable bonds is 0. The molecule has 0 spiro atoms. The molecule has 1 aliphatic heterocycles. The number of nitrogens with one attached hydrogen (secondary N) is 1. The highest BCUT2D eigenvalue weighted by Gasteiger charge is 2.09. The molecule has 88 valence electrons. The number of amides is 1. The number of carbonyl (C=O) groups excluding carboxylic acids is 1. The second-order valence-electron chi connectivity index (χ2n) is 4.58. The van der Waals surface area contributed by atoms with E-state index in [4.69, 9.17) is 5.73 Å². The van der Waals surface area contributed by atoms with Gasteiger partial charge in [-0.2, -0.15) is 0 Å². The molecule has 0 radical (unpaired) electrons. The van der Waals surface area contributed by atoms with Gasteiger partial charge >= 0.3 is 0 Å². The SMILES string of the molecule is NC1CCCCCCCCCNC(=O)C1. The van der Waals surface area contributed by atoms with Crippen molar-refractivity contribution < 1.29 is 4.79 Å². The van der Waals surface area contributed by atoms with E-state index in [0.717, 1.165) is 19.4 Å². The lowest BCUT2D eigenvalue weighted by atomic mass is 10.0. The van der Waals surface area contributed by atoms with Gasteiger partial charge in [0.15, 0.2) is 0 Å². The van der Waals surface area contributed by atoms with Crippen LogP contribution in [0.4, 0.5) is 0 Å². The number of hydrogen-bond donors (Lipinski definition) is 2. The summed E-state index contributed by atoms with van der Waals surface area (Å²) in [5.74, 6) is 0.127. The third-order valence-corrected chi connectivity index (χ3v) is 3.02. The van der Waals surface area contributed by atoms with Crippen molar-refractivity contribution in [1.29, 1.82) is 0 Å². The lowest BCUT2D eigenvalue weighted by Gasteiger charge is -2.10. The van der Waals surface area contributed by atoms with Crippen LogP contribution in [0.1, 0.15) is 57.8 Å². The quantitative estimate of drug-likeness (QED) is 0.645. The van der Waals surface area contributed by atoms with Crippen molar-refractivity contribution in [2.75, 3.05) is 6.54 Å². The molecular weight excluding hydrogens is 188 g/mol. The maximum atomic E-state index is 11.4. The van der Waals surface area contributed by atoms with E-state index in [9.17, 15) is 4.79 Å².